The second-order valence-corrected chi connectivity index (χ2v) is 7.07. The number of benzene rings is 1. The highest BCUT2D eigenvalue weighted by atomic mass is 35.5. The standard InChI is InChI=1S/C11H15Cl2NO2S/c1-8-6-10(13)11(7-9(8)12)14-4-3-5-17(2,15)16/h6-7,14H,3-5H2,1-2H3. The van der Waals surface area contributed by atoms with E-state index in [0.29, 0.717) is 23.0 Å². The number of hydrogen-bond acceptors (Lipinski definition) is 3. The number of nitrogens with one attached hydrogen (secondary N) is 1. The Morgan fingerprint density at radius 2 is 1.88 bits per heavy atom. The average Bonchev–Trinajstić information content (AvgIpc) is 2.18. The summed E-state index contributed by atoms with van der Waals surface area (Å²) >= 11 is 12.0. The predicted molar refractivity (Wildman–Crippen MR) is 74.0 cm³/mol. The minimum absolute atomic E-state index is 0.164. The Labute approximate surface area is 112 Å². The molecule has 3 nitrogen and oxygen atoms in total. The van der Waals surface area contributed by atoms with Gasteiger partial charge >= 0.3 is 0 Å². The molecule has 0 bridgehead atoms. The summed E-state index contributed by atoms with van der Waals surface area (Å²) in [6.45, 7) is 2.42. The fourth-order valence-corrected chi connectivity index (χ4v) is 2.46. The van der Waals surface area contributed by atoms with E-state index in [9.17, 15) is 8.42 Å². The first kappa shape index (κ1) is 14.6. The molecule has 96 valence electrons. The van der Waals surface area contributed by atoms with Gasteiger partial charge in [-0.05, 0) is 31.0 Å². The van der Waals surface area contributed by atoms with E-state index in [1.54, 1.807) is 12.1 Å². The number of halogens is 2. The van der Waals surface area contributed by atoms with Crippen LogP contribution in [0.2, 0.25) is 10.0 Å². The van der Waals surface area contributed by atoms with Crippen LogP contribution in [0, 0.1) is 6.92 Å². The average molecular weight is 296 g/mol. The Morgan fingerprint density at radius 1 is 1.24 bits per heavy atom. The zero-order valence-electron chi connectivity index (χ0n) is 9.76. The van der Waals surface area contributed by atoms with Crippen LogP contribution in [0.1, 0.15) is 12.0 Å². The van der Waals surface area contributed by atoms with Crippen LogP contribution in [0.3, 0.4) is 0 Å². The van der Waals surface area contributed by atoms with Gasteiger partial charge in [0.15, 0.2) is 0 Å². The monoisotopic (exact) mass is 295 g/mol. The summed E-state index contributed by atoms with van der Waals surface area (Å²) in [6, 6.07) is 3.53. The van der Waals surface area contributed by atoms with Crippen molar-refractivity contribution < 1.29 is 8.42 Å². The number of aryl methyl sites for hydroxylation is 1. The normalized spacial score (nSPS) is 11.5. The quantitative estimate of drug-likeness (QED) is 0.849. The summed E-state index contributed by atoms with van der Waals surface area (Å²) in [5.74, 6) is 0.164. The fourth-order valence-electron chi connectivity index (χ4n) is 1.34. The van der Waals surface area contributed by atoms with Crippen molar-refractivity contribution in [1.29, 1.82) is 0 Å². The van der Waals surface area contributed by atoms with Crippen LogP contribution in [0.25, 0.3) is 0 Å². The van der Waals surface area contributed by atoms with Crippen LogP contribution >= 0.6 is 23.2 Å². The minimum atomic E-state index is -2.90. The molecule has 0 aromatic heterocycles. The van der Waals surface area contributed by atoms with Gasteiger partial charge in [-0.25, -0.2) is 8.42 Å². The Kier molecular flexibility index (Phi) is 5.10. The molecule has 0 saturated carbocycles. The summed E-state index contributed by atoms with van der Waals surface area (Å²) in [7, 11) is -2.90. The Balaban J connectivity index is 2.55. The molecule has 0 aliphatic heterocycles. The molecule has 0 fully saturated rings. The molecule has 1 rings (SSSR count). The molecule has 0 atom stereocenters. The molecule has 0 saturated heterocycles. The van der Waals surface area contributed by atoms with Gasteiger partial charge in [0.2, 0.25) is 0 Å². The predicted octanol–water partition coefficient (Wildman–Crippen LogP) is 3.15. The molecule has 17 heavy (non-hydrogen) atoms. The Morgan fingerprint density at radius 3 is 2.47 bits per heavy atom. The van der Waals surface area contributed by atoms with Crippen molar-refractivity contribution in [3.8, 4) is 0 Å². The van der Waals surface area contributed by atoms with Crippen molar-refractivity contribution in [1.82, 2.24) is 0 Å². The molecule has 1 aromatic rings. The first-order chi connectivity index (χ1) is 7.79. The number of anilines is 1. The Bertz CT molecular complexity index is 500. The summed E-state index contributed by atoms with van der Waals surface area (Å²) in [4.78, 5) is 0. The largest absolute Gasteiger partial charge is 0.384 e. The molecule has 0 heterocycles. The van der Waals surface area contributed by atoms with E-state index < -0.39 is 9.84 Å². The lowest BCUT2D eigenvalue weighted by Gasteiger charge is -2.10. The fraction of sp³-hybridized carbons (Fsp3) is 0.455. The third-order valence-electron chi connectivity index (χ3n) is 2.26. The third-order valence-corrected chi connectivity index (χ3v) is 4.01. The molecule has 1 N–H and O–H groups in total. The van der Waals surface area contributed by atoms with Crippen LogP contribution in [-0.2, 0) is 9.84 Å². The van der Waals surface area contributed by atoms with Crippen LogP contribution in [0.5, 0.6) is 0 Å². The second kappa shape index (κ2) is 5.94. The van der Waals surface area contributed by atoms with Crippen LogP contribution in [0.15, 0.2) is 12.1 Å². The van der Waals surface area contributed by atoms with Gasteiger partial charge in [0.1, 0.15) is 9.84 Å². The van der Waals surface area contributed by atoms with Gasteiger partial charge in [-0.2, -0.15) is 0 Å². The second-order valence-electron chi connectivity index (χ2n) is 3.99. The van der Waals surface area contributed by atoms with E-state index in [1.165, 1.54) is 6.26 Å². The van der Waals surface area contributed by atoms with Crippen LogP contribution < -0.4 is 5.32 Å². The highest BCUT2D eigenvalue weighted by Crippen LogP contribution is 2.28. The SMILES string of the molecule is Cc1cc(Cl)c(NCCCS(C)(=O)=O)cc1Cl. The van der Waals surface area contributed by atoms with Crippen LogP contribution in [-0.4, -0.2) is 27.0 Å². The topological polar surface area (TPSA) is 46.2 Å². The lowest BCUT2D eigenvalue weighted by molar-refractivity contribution is 0.600. The molecule has 6 heteroatoms. The van der Waals surface area contributed by atoms with Crippen molar-refractivity contribution in [2.45, 2.75) is 13.3 Å². The van der Waals surface area contributed by atoms with Gasteiger partial charge < -0.3 is 5.32 Å². The van der Waals surface area contributed by atoms with Crippen LogP contribution in [0.4, 0.5) is 5.69 Å². The van der Waals surface area contributed by atoms with E-state index in [4.69, 9.17) is 23.2 Å². The van der Waals surface area contributed by atoms with Crippen molar-refractivity contribution in [3.05, 3.63) is 27.7 Å². The highest BCUT2D eigenvalue weighted by molar-refractivity contribution is 7.90. The summed E-state index contributed by atoms with van der Waals surface area (Å²) in [5.41, 5.74) is 1.65. The molecular formula is C11H15Cl2NO2S. The molecule has 0 spiro atoms. The number of hydrogen-bond donors (Lipinski definition) is 1. The van der Waals surface area contributed by atoms with Crippen molar-refractivity contribution in [2.24, 2.45) is 0 Å². The smallest absolute Gasteiger partial charge is 0.147 e. The zero-order chi connectivity index (χ0) is 13.1. The maximum absolute atomic E-state index is 10.9. The summed E-state index contributed by atoms with van der Waals surface area (Å²) < 4.78 is 21.9. The van der Waals surface area contributed by atoms with Gasteiger partial charge in [-0.1, -0.05) is 23.2 Å². The first-order valence-corrected chi connectivity index (χ1v) is 7.98. The van der Waals surface area contributed by atoms with E-state index in [0.717, 1.165) is 11.3 Å². The van der Waals surface area contributed by atoms with Gasteiger partial charge in [0.05, 0.1) is 16.5 Å². The maximum atomic E-state index is 10.9. The Hall–Kier alpha value is -0.450. The van der Waals surface area contributed by atoms with Gasteiger partial charge in [-0.3, -0.25) is 0 Å². The number of sulfone groups is 1. The molecule has 0 amide bonds. The molecule has 0 aliphatic carbocycles. The lowest BCUT2D eigenvalue weighted by atomic mass is 10.2. The van der Waals surface area contributed by atoms with Gasteiger partial charge in [0.25, 0.3) is 0 Å². The van der Waals surface area contributed by atoms with Crippen molar-refractivity contribution >= 4 is 38.7 Å². The van der Waals surface area contributed by atoms with Gasteiger partial charge in [0, 0.05) is 17.8 Å². The van der Waals surface area contributed by atoms with E-state index >= 15 is 0 Å². The minimum Gasteiger partial charge on any atom is -0.384 e. The zero-order valence-corrected chi connectivity index (χ0v) is 12.1. The summed E-state index contributed by atoms with van der Waals surface area (Å²) in [6.07, 6.45) is 1.77. The lowest BCUT2D eigenvalue weighted by Crippen LogP contribution is -2.10. The summed E-state index contributed by atoms with van der Waals surface area (Å²) in [5, 5.41) is 4.30. The highest BCUT2D eigenvalue weighted by Gasteiger charge is 2.05. The van der Waals surface area contributed by atoms with Crippen molar-refractivity contribution in [2.75, 3.05) is 23.9 Å². The van der Waals surface area contributed by atoms with Gasteiger partial charge in [-0.15, -0.1) is 0 Å². The van der Waals surface area contributed by atoms with Crippen molar-refractivity contribution in [3.63, 3.8) is 0 Å². The first-order valence-electron chi connectivity index (χ1n) is 5.17. The number of rotatable bonds is 5. The maximum Gasteiger partial charge on any atom is 0.147 e. The molecular weight excluding hydrogens is 281 g/mol. The van der Waals surface area contributed by atoms with E-state index in [2.05, 4.69) is 5.32 Å². The molecule has 1 aromatic carbocycles. The third kappa shape index (κ3) is 5.15. The van der Waals surface area contributed by atoms with E-state index in [-0.39, 0.29) is 5.75 Å². The molecule has 0 radical (unpaired) electrons. The molecule has 0 unspecified atom stereocenters. The molecule has 0 aliphatic rings. The van der Waals surface area contributed by atoms with E-state index in [1.807, 2.05) is 6.92 Å².